The van der Waals surface area contributed by atoms with Crippen LogP contribution >= 0.6 is 15.9 Å². The number of halogens is 1. The van der Waals surface area contributed by atoms with E-state index in [4.69, 9.17) is 9.47 Å². The molecule has 2 N–H and O–H groups in total. The highest BCUT2D eigenvalue weighted by molar-refractivity contribution is 9.10. The monoisotopic (exact) mass is 380 g/mol. The van der Waals surface area contributed by atoms with Gasteiger partial charge < -0.3 is 19.8 Å². The summed E-state index contributed by atoms with van der Waals surface area (Å²) in [6.07, 6.45) is 0.692. The van der Waals surface area contributed by atoms with Gasteiger partial charge in [0.2, 0.25) is 0 Å². The predicted octanol–water partition coefficient (Wildman–Crippen LogP) is 3.36. The van der Waals surface area contributed by atoms with Crippen LogP contribution in [-0.4, -0.2) is 29.6 Å². The summed E-state index contributed by atoms with van der Waals surface area (Å²) >= 11 is 3.23. The first-order valence-electron chi connectivity index (χ1n) is 7.08. The van der Waals surface area contributed by atoms with Gasteiger partial charge in [-0.1, -0.05) is 0 Å². The Labute approximate surface area is 142 Å². The molecule has 1 heterocycles. The van der Waals surface area contributed by atoms with Crippen molar-refractivity contribution >= 4 is 33.5 Å². The number of rotatable bonds is 6. The van der Waals surface area contributed by atoms with E-state index in [0.717, 1.165) is 10.2 Å². The summed E-state index contributed by atoms with van der Waals surface area (Å²) in [6, 6.07) is 8.54. The first kappa shape index (κ1) is 17.1. The molecule has 0 bridgehead atoms. The van der Waals surface area contributed by atoms with E-state index in [2.05, 4.69) is 26.2 Å². The minimum absolute atomic E-state index is 0.276. The summed E-state index contributed by atoms with van der Waals surface area (Å²) in [4.78, 5) is 26.7. The van der Waals surface area contributed by atoms with Gasteiger partial charge in [-0.05, 0) is 60.1 Å². The molecule has 0 saturated heterocycles. The first-order valence-corrected chi connectivity index (χ1v) is 7.87. The lowest BCUT2D eigenvalue weighted by molar-refractivity contribution is -0.123. The minimum atomic E-state index is -0.920. The Morgan fingerprint density at radius 2 is 2.00 bits per heavy atom. The lowest BCUT2D eigenvalue weighted by Gasteiger charge is -2.13. The fourth-order valence-electron chi connectivity index (χ4n) is 1.81. The molecule has 0 aliphatic rings. The maximum absolute atomic E-state index is 12.1. The zero-order valence-corrected chi connectivity index (χ0v) is 14.3. The Morgan fingerprint density at radius 3 is 2.57 bits per heavy atom. The Morgan fingerprint density at radius 1 is 1.30 bits per heavy atom. The van der Waals surface area contributed by atoms with E-state index in [1.807, 2.05) is 6.92 Å². The number of H-pyrrole nitrogens is 1. The summed E-state index contributed by atoms with van der Waals surface area (Å²) in [6.45, 7) is 3.99. The molecular formula is C16H17BrN2O4. The molecule has 1 amide bonds. The number of anilines is 1. The van der Waals surface area contributed by atoms with Crippen molar-refractivity contribution < 1.29 is 19.1 Å². The van der Waals surface area contributed by atoms with Gasteiger partial charge in [0, 0.05) is 16.4 Å². The van der Waals surface area contributed by atoms with Crippen LogP contribution in [0.25, 0.3) is 0 Å². The molecule has 122 valence electrons. The van der Waals surface area contributed by atoms with Gasteiger partial charge in [0.05, 0.1) is 6.61 Å². The van der Waals surface area contributed by atoms with Crippen molar-refractivity contribution in [3.05, 3.63) is 46.7 Å². The van der Waals surface area contributed by atoms with Crippen molar-refractivity contribution in [1.82, 2.24) is 4.98 Å². The van der Waals surface area contributed by atoms with E-state index in [-0.39, 0.29) is 5.69 Å². The number of carbonyl (C=O) groups is 2. The second kappa shape index (κ2) is 7.82. The fraction of sp³-hybridized carbons (Fsp3) is 0.250. The number of hydrogen-bond donors (Lipinski definition) is 2. The van der Waals surface area contributed by atoms with Crippen LogP contribution in [0.3, 0.4) is 0 Å². The third kappa shape index (κ3) is 4.85. The third-order valence-electron chi connectivity index (χ3n) is 2.95. The first-order chi connectivity index (χ1) is 11.0. The largest absolute Gasteiger partial charge is 0.494 e. The van der Waals surface area contributed by atoms with Crippen LogP contribution in [0.4, 0.5) is 5.69 Å². The second-order valence-electron chi connectivity index (χ2n) is 4.73. The smallest absolute Gasteiger partial charge is 0.355 e. The normalized spacial score (nSPS) is 11.6. The summed E-state index contributed by atoms with van der Waals surface area (Å²) in [7, 11) is 0. The van der Waals surface area contributed by atoms with Crippen LogP contribution in [0.5, 0.6) is 5.75 Å². The number of carbonyl (C=O) groups excluding carboxylic acids is 2. The molecule has 23 heavy (non-hydrogen) atoms. The SMILES string of the molecule is CCOc1ccc(NC(=O)C(C)OC(=O)c2cc(Br)c[nH]2)cc1. The predicted molar refractivity (Wildman–Crippen MR) is 89.6 cm³/mol. The number of hydrogen-bond acceptors (Lipinski definition) is 4. The topological polar surface area (TPSA) is 80.4 Å². The summed E-state index contributed by atoms with van der Waals surface area (Å²) in [5.74, 6) is -0.277. The molecule has 1 aromatic carbocycles. The van der Waals surface area contributed by atoms with E-state index in [9.17, 15) is 9.59 Å². The Balaban J connectivity index is 1.90. The fourth-order valence-corrected chi connectivity index (χ4v) is 2.15. The molecule has 2 rings (SSSR count). The van der Waals surface area contributed by atoms with E-state index in [1.165, 1.54) is 6.92 Å². The zero-order valence-electron chi connectivity index (χ0n) is 12.8. The van der Waals surface area contributed by atoms with Crippen molar-refractivity contribution in [3.8, 4) is 5.75 Å². The van der Waals surface area contributed by atoms with Crippen LogP contribution in [0.1, 0.15) is 24.3 Å². The van der Waals surface area contributed by atoms with Gasteiger partial charge in [-0.25, -0.2) is 4.79 Å². The highest BCUT2D eigenvalue weighted by Gasteiger charge is 2.20. The molecule has 1 aromatic heterocycles. The van der Waals surface area contributed by atoms with Crippen LogP contribution in [-0.2, 0) is 9.53 Å². The molecule has 6 nitrogen and oxygen atoms in total. The number of aromatic nitrogens is 1. The van der Waals surface area contributed by atoms with Crippen molar-refractivity contribution in [2.75, 3.05) is 11.9 Å². The molecule has 2 aromatic rings. The zero-order chi connectivity index (χ0) is 16.8. The highest BCUT2D eigenvalue weighted by Crippen LogP contribution is 2.16. The number of benzene rings is 1. The Hall–Kier alpha value is -2.28. The molecular weight excluding hydrogens is 364 g/mol. The standard InChI is InChI=1S/C16H17BrN2O4/c1-3-22-13-6-4-12(5-7-13)19-15(20)10(2)23-16(21)14-8-11(17)9-18-14/h4-10,18H,3H2,1-2H3,(H,19,20). The van der Waals surface area contributed by atoms with Crippen LogP contribution in [0.2, 0.25) is 0 Å². The summed E-state index contributed by atoms with van der Waals surface area (Å²) < 4.78 is 11.2. The van der Waals surface area contributed by atoms with Gasteiger partial charge >= 0.3 is 5.97 Å². The van der Waals surface area contributed by atoms with Crippen molar-refractivity contribution in [2.45, 2.75) is 20.0 Å². The Kier molecular flexibility index (Phi) is 5.81. The molecule has 0 fully saturated rings. The maximum Gasteiger partial charge on any atom is 0.355 e. The highest BCUT2D eigenvalue weighted by atomic mass is 79.9. The van der Waals surface area contributed by atoms with Crippen LogP contribution < -0.4 is 10.1 Å². The lowest BCUT2D eigenvalue weighted by Crippen LogP contribution is -2.30. The molecule has 0 radical (unpaired) electrons. The van der Waals surface area contributed by atoms with Crippen molar-refractivity contribution in [3.63, 3.8) is 0 Å². The molecule has 0 saturated carbocycles. The molecule has 0 spiro atoms. The lowest BCUT2D eigenvalue weighted by atomic mass is 10.3. The second-order valence-corrected chi connectivity index (χ2v) is 5.64. The number of aromatic amines is 1. The van der Waals surface area contributed by atoms with Crippen molar-refractivity contribution in [2.24, 2.45) is 0 Å². The molecule has 1 unspecified atom stereocenters. The van der Waals surface area contributed by atoms with Crippen molar-refractivity contribution in [1.29, 1.82) is 0 Å². The van der Waals surface area contributed by atoms with Crippen LogP contribution in [0, 0.1) is 0 Å². The minimum Gasteiger partial charge on any atom is -0.494 e. The number of esters is 1. The molecule has 7 heteroatoms. The van der Waals surface area contributed by atoms with Gasteiger partial charge in [0.15, 0.2) is 6.10 Å². The number of nitrogens with one attached hydrogen (secondary N) is 2. The van der Waals surface area contributed by atoms with Gasteiger partial charge in [-0.2, -0.15) is 0 Å². The Bertz CT molecular complexity index is 682. The van der Waals surface area contributed by atoms with E-state index in [0.29, 0.717) is 12.3 Å². The number of amides is 1. The summed E-state index contributed by atoms with van der Waals surface area (Å²) in [5.41, 5.74) is 0.876. The maximum atomic E-state index is 12.1. The third-order valence-corrected chi connectivity index (χ3v) is 3.41. The van der Waals surface area contributed by atoms with Crippen LogP contribution in [0.15, 0.2) is 41.0 Å². The van der Waals surface area contributed by atoms with E-state index >= 15 is 0 Å². The quantitative estimate of drug-likeness (QED) is 0.752. The summed E-state index contributed by atoms with van der Waals surface area (Å²) in [5, 5.41) is 2.68. The van der Waals surface area contributed by atoms with Gasteiger partial charge in [-0.3, -0.25) is 4.79 Å². The van der Waals surface area contributed by atoms with E-state index in [1.54, 1.807) is 36.5 Å². The van der Waals surface area contributed by atoms with Gasteiger partial charge in [0.25, 0.3) is 5.91 Å². The average molecular weight is 381 g/mol. The molecule has 0 aliphatic heterocycles. The number of ether oxygens (including phenoxy) is 2. The van der Waals surface area contributed by atoms with Gasteiger partial charge in [0.1, 0.15) is 11.4 Å². The van der Waals surface area contributed by atoms with Gasteiger partial charge in [-0.15, -0.1) is 0 Å². The molecule has 1 atom stereocenters. The van der Waals surface area contributed by atoms with E-state index < -0.39 is 18.0 Å². The molecule has 0 aliphatic carbocycles. The average Bonchev–Trinajstić information content (AvgIpc) is 2.96.